The van der Waals surface area contributed by atoms with Crippen LogP contribution in [0.4, 0.5) is 14.5 Å². The summed E-state index contributed by atoms with van der Waals surface area (Å²) >= 11 is 0. The van der Waals surface area contributed by atoms with Crippen molar-refractivity contribution in [2.45, 2.75) is 64.1 Å². The predicted octanol–water partition coefficient (Wildman–Crippen LogP) is 3.99. The summed E-state index contributed by atoms with van der Waals surface area (Å²) in [5.74, 6) is -3.27. The molecule has 1 atom stereocenters. The molecule has 1 aliphatic carbocycles. The van der Waals surface area contributed by atoms with Crippen LogP contribution in [-0.4, -0.2) is 50.0 Å². The van der Waals surface area contributed by atoms with Crippen LogP contribution in [0.15, 0.2) is 48.5 Å². The molecule has 2 aromatic carbocycles. The lowest BCUT2D eigenvalue weighted by molar-refractivity contribution is -0.140. The number of halogens is 2. The Morgan fingerprint density at radius 2 is 1.69 bits per heavy atom. The average molecular weight is 522 g/mol. The first-order valence-electron chi connectivity index (χ1n) is 12.2. The normalized spacial score (nSPS) is 15.2. The second-order valence-electron chi connectivity index (χ2n) is 9.14. The molecule has 0 saturated heterocycles. The summed E-state index contributed by atoms with van der Waals surface area (Å²) in [7, 11) is -4.03. The Balaban J connectivity index is 1.90. The molecule has 0 radical (unpaired) electrons. The van der Waals surface area contributed by atoms with Gasteiger partial charge in [0.05, 0.1) is 11.9 Å². The fraction of sp³-hybridized carbons (Fsp3) is 0.462. The first kappa shape index (κ1) is 27.6. The van der Waals surface area contributed by atoms with Gasteiger partial charge in [0, 0.05) is 18.7 Å². The highest BCUT2D eigenvalue weighted by molar-refractivity contribution is 7.92. The quantitative estimate of drug-likeness (QED) is 0.512. The smallest absolute Gasteiger partial charge is 0.244 e. The summed E-state index contributed by atoms with van der Waals surface area (Å²) in [6, 6.07) is 10.9. The number of amides is 2. The number of benzene rings is 2. The molecule has 0 unspecified atom stereocenters. The molecule has 1 N–H and O–H groups in total. The van der Waals surface area contributed by atoms with Crippen molar-refractivity contribution < 1.29 is 26.8 Å². The first-order chi connectivity index (χ1) is 17.1. The molecule has 10 heteroatoms. The van der Waals surface area contributed by atoms with Gasteiger partial charge < -0.3 is 10.2 Å². The lowest BCUT2D eigenvalue weighted by atomic mass is 9.95. The number of hydrogen-bond acceptors (Lipinski definition) is 4. The SMILES string of the molecule is CC[C@@H](C(=O)NC1CCCCC1)N(Cc1ccccc1)C(=O)CN(c1ccc(F)c(F)c1)S(C)(=O)=O. The zero-order chi connectivity index (χ0) is 26.3. The number of rotatable bonds is 10. The standard InChI is InChI=1S/C26H33F2N3O4S/c1-3-24(26(33)29-20-12-8-5-9-13-20)30(17-19-10-6-4-7-11-19)25(32)18-31(36(2,34)35)21-14-15-22(27)23(28)16-21/h4,6-7,10-11,14-16,20,24H,3,5,8-9,12-13,17-18H2,1-2H3,(H,29,33)/t24-/m0/s1. The second kappa shape index (κ2) is 12.3. The van der Waals surface area contributed by atoms with Crippen LogP contribution in [0.5, 0.6) is 0 Å². The molecule has 1 saturated carbocycles. The van der Waals surface area contributed by atoms with Crippen LogP contribution in [-0.2, 0) is 26.2 Å². The Morgan fingerprint density at radius 1 is 1.03 bits per heavy atom. The number of hydrogen-bond donors (Lipinski definition) is 1. The van der Waals surface area contributed by atoms with E-state index < -0.39 is 40.2 Å². The molecular formula is C26H33F2N3O4S. The largest absolute Gasteiger partial charge is 0.352 e. The molecular weight excluding hydrogens is 488 g/mol. The number of carbonyl (C=O) groups excluding carboxylic acids is 2. The highest BCUT2D eigenvalue weighted by Crippen LogP contribution is 2.23. The summed E-state index contributed by atoms with van der Waals surface area (Å²) in [5, 5.41) is 3.06. The van der Waals surface area contributed by atoms with Crippen LogP contribution in [0.25, 0.3) is 0 Å². The van der Waals surface area contributed by atoms with E-state index >= 15 is 0 Å². The van der Waals surface area contributed by atoms with Crippen molar-refractivity contribution in [2.75, 3.05) is 17.1 Å². The topological polar surface area (TPSA) is 86.8 Å². The fourth-order valence-corrected chi connectivity index (χ4v) is 5.34. The van der Waals surface area contributed by atoms with E-state index in [1.165, 1.54) is 4.90 Å². The fourth-order valence-electron chi connectivity index (χ4n) is 4.50. The van der Waals surface area contributed by atoms with Gasteiger partial charge in [0.1, 0.15) is 12.6 Å². The molecule has 3 rings (SSSR count). The molecule has 2 amide bonds. The van der Waals surface area contributed by atoms with Gasteiger partial charge in [0.2, 0.25) is 21.8 Å². The molecule has 0 heterocycles. The Morgan fingerprint density at radius 3 is 2.28 bits per heavy atom. The number of anilines is 1. The van der Waals surface area contributed by atoms with Crippen LogP contribution < -0.4 is 9.62 Å². The molecule has 1 aliphatic rings. The molecule has 0 bridgehead atoms. The summed E-state index contributed by atoms with van der Waals surface area (Å²) in [6.07, 6.45) is 6.17. The molecule has 2 aromatic rings. The molecule has 196 valence electrons. The van der Waals surface area contributed by atoms with E-state index in [2.05, 4.69) is 5.32 Å². The minimum atomic E-state index is -4.03. The third-order valence-corrected chi connectivity index (χ3v) is 7.54. The minimum Gasteiger partial charge on any atom is -0.352 e. The summed E-state index contributed by atoms with van der Waals surface area (Å²) < 4.78 is 53.1. The predicted molar refractivity (Wildman–Crippen MR) is 135 cm³/mol. The highest BCUT2D eigenvalue weighted by Gasteiger charge is 2.33. The Hall–Kier alpha value is -3.01. The number of nitrogens with zero attached hydrogens (tertiary/aromatic N) is 2. The van der Waals surface area contributed by atoms with Gasteiger partial charge in [-0.05, 0) is 37.0 Å². The summed E-state index contributed by atoms with van der Waals surface area (Å²) in [6.45, 7) is 1.22. The maximum atomic E-state index is 13.9. The van der Waals surface area contributed by atoms with Crippen molar-refractivity contribution in [3.05, 3.63) is 65.7 Å². The van der Waals surface area contributed by atoms with E-state index in [0.29, 0.717) is 6.42 Å². The van der Waals surface area contributed by atoms with Crippen LogP contribution in [0, 0.1) is 11.6 Å². The summed E-state index contributed by atoms with van der Waals surface area (Å²) in [5.41, 5.74) is 0.595. The van der Waals surface area contributed by atoms with Crippen molar-refractivity contribution in [3.63, 3.8) is 0 Å². The van der Waals surface area contributed by atoms with Crippen molar-refractivity contribution >= 4 is 27.5 Å². The lowest BCUT2D eigenvalue weighted by Crippen LogP contribution is -2.53. The Bertz CT molecular complexity index is 1160. The third-order valence-electron chi connectivity index (χ3n) is 6.40. The van der Waals surface area contributed by atoms with Gasteiger partial charge in [-0.3, -0.25) is 13.9 Å². The number of carbonyl (C=O) groups is 2. The van der Waals surface area contributed by atoms with E-state index in [1.54, 1.807) is 6.92 Å². The van der Waals surface area contributed by atoms with Crippen molar-refractivity contribution in [1.29, 1.82) is 0 Å². The zero-order valence-corrected chi connectivity index (χ0v) is 21.4. The van der Waals surface area contributed by atoms with Crippen LogP contribution in [0.2, 0.25) is 0 Å². The van der Waals surface area contributed by atoms with E-state index in [9.17, 15) is 26.8 Å². The first-order valence-corrected chi connectivity index (χ1v) is 14.0. The summed E-state index contributed by atoms with van der Waals surface area (Å²) in [4.78, 5) is 28.3. The van der Waals surface area contributed by atoms with Gasteiger partial charge in [-0.2, -0.15) is 0 Å². The molecule has 0 spiro atoms. The Kier molecular flexibility index (Phi) is 9.42. The minimum absolute atomic E-state index is 0.0451. The van der Waals surface area contributed by atoms with Gasteiger partial charge in [0.25, 0.3) is 0 Å². The van der Waals surface area contributed by atoms with E-state index in [1.807, 2.05) is 30.3 Å². The third kappa shape index (κ3) is 7.25. The maximum Gasteiger partial charge on any atom is 0.244 e. The lowest BCUT2D eigenvalue weighted by Gasteiger charge is -2.34. The van der Waals surface area contributed by atoms with Crippen molar-refractivity contribution in [3.8, 4) is 0 Å². The molecule has 1 fully saturated rings. The average Bonchev–Trinajstić information content (AvgIpc) is 2.84. The van der Waals surface area contributed by atoms with E-state index in [4.69, 9.17) is 0 Å². The zero-order valence-electron chi connectivity index (χ0n) is 20.6. The van der Waals surface area contributed by atoms with Crippen molar-refractivity contribution in [1.82, 2.24) is 10.2 Å². The molecule has 7 nitrogen and oxygen atoms in total. The monoisotopic (exact) mass is 521 g/mol. The maximum absolute atomic E-state index is 13.9. The van der Waals surface area contributed by atoms with Gasteiger partial charge >= 0.3 is 0 Å². The van der Waals surface area contributed by atoms with Crippen LogP contribution >= 0.6 is 0 Å². The van der Waals surface area contributed by atoms with Crippen LogP contribution in [0.3, 0.4) is 0 Å². The Labute approximate surface area is 211 Å². The highest BCUT2D eigenvalue weighted by atomic mass is 32.2. The molecule has 0 aromatic heterocycles. The van der Waals surface area contributed by atoms with Crippen molar-refractivity contribution in [2.24, 2.45) is 0 Å². The molecule has 0 aliphatic heterocycles. The van der Waals surface area contributed by atoms with Crippen LogP contribution in [0.1, 0.15) is 51.0 Å². The van der Waals surface area contributed by atoms with Gasteiger partial charge in [-0.25, -0.2) is 17.2 Å². The molecule has 36 heavy (non-hydrogen) atoms. The second-order valence-corrected chi connectivity index (χ2v) is 11.0. The van der Waals surface area contributed by atoms with Gasteiger partial charge in [0.15, 0.2) is 11.6 Å². The van der Waals surface area contributed by atoms with E-state index in [-0.39, 0.29) is 24.2 Å². The number of sulfonamides is 1. The van der Waals surface area contributed by atoms with Gasteiger partial charge in [-0.1, -0.05) is 56.5 Å². The number of nitrogens with one attached hydrogen (secondary N) is 1. The van der Waals surface area contributed by atoms with E-state index in [0.717, 1.165) is 66.4 Å². The van der Waals surface area contributed by atoms with Gasteiger partial charge in [-0.15, -0.1) is 0 Å².